The van der Waals surface area contributed by atoms with E-state index in [1.54, 1.807) is 26.0 Å². The molecule has 0 amide bonds. The number of benzene rings is 1. The van der Waals surface area contributed by atoms with E-state index in [1.807, 2.05) is 0 Å². The standard InChI is InChI=1S/C9H12FNO/c1-5-3-4-7(6(2)11)9(12)8(5)10/h3-4,6,12H,11H2,1-2H3. The van der Waals surface area contributed by atoms with E-state index in [-0.39, 0.29) is 11.8 Å². The van der Waals surface area contributed by atoms with Crippen molar-refractivity contribution < 1.29 is 9.50 Å². The van der Waals surface area contributed by atoms with Gasteiger partial charge in [0.05, 0.1) is 0 Å². The van der Waals surface area contributed by atoms with Crippen molar-refractivity contribution in [2.24, 2.45) is 5.73 Å². The van der Waals surface area contributed by atoms with Gasteiger partial charge >= 0.3 is 0 Å². The summed E-state index contributed by atoms with van der Waals surface area (Å²) in [5.74, 6) is -0.908. The summed E-state index contributed by atoms with van der Waals surface area (Å²) >= 11 is 0. The number of aromatic hydroxyl groups is 1. The summed E-state index contributed by atoms with van der Waals surface area (Å²) in [4.78, 5) is 0. The minimum absolute atomic E-state index is 0.329. The van der Waals surface area contributed by atoms with Crippen molar-refractivity contribution in [3.05, 3.63) is 29.1 Å². The van der Waals surface area contributed by atoms with Crippen LogP contribution in [0.3, 0.4) is 0 Å². The Bertz CT molecular complexity index is 297. The third-order valence-electron chi connectivity index (χ3n) is 1.83. The maximum Gasteiger partial charge on any atom is 0.168 e. The van der Waals surface area contributed by atoms with Gasteiger partial charge < -0.3 is 10.8 Å². The molecule has 0 aliphatic heterocycles. The molecule has 1 unspecified atom stereocenters. The van der Waals surface area contributed by atoms with E-state index in [4.69, 9.17) is 5.73 Å². The number of phenolic OH excluding ortho intramolecular Hbond substituents is 1. The predicted molar refractivity (Wildman–Crippen MR) is 45.4 cm³/mol. The van der Waals surface area contributed by atoms with E-state index < -0.39 is 5.82 Å². The van der Waals surface area contributed by atoms with Crippen LogP contribution >= 0.6 is 0 Å². The van der Waals surface area contributed by atoms with Crippen LogP contribution in [0.15, 0.2) is 12.1 Å². The molecule has 1 rings (SSSR count). The molecule has 2 nitrogen and oxygen atoms in total. The van der Waals surface area contributed by atoms with Gasteiger partial charge in [0.25, 0.3) is 0 Å². The van der Waals surface area contributed by atoms with E-state index >= 15 is 0 Å². The van der Waals surface area contributed by atoms with Gasteiger partial charge in [-0.05, 0) is 19.4 Å². The first-order chi connectivity index (χ1) is 5.54. The van der Waals surface area contributed by atoms with Gasteiger partial charge in [0.2, 0.25) is 0 Å². The molecule has 1 aromatic carbocycles. The molecule has 0 saturated heterocycles. The van der Waals surface area contributed by atoms with Crippen LogP contribution in [-0.4, -0.2) is 5.11 Å². The molecule has 0 radical (unpaired) electrons. The van der Waals surface area contributed by atoms with Crippen molar-refractivity contribution >= 4 is 0 Å². The van der Waals surface area contributed by atoms with Crippen molar-refractivity contribution in [1.82, 2.24) is 0 Å². The molecule has 1 atom stereocenters. The van der Waals surface area contributed by atoms with Crippen LogP contribution in [0.1, 0.15) is 24.1 Å². The van der Waals surface area contributed by atoms with Crippen LogP contribution in [0.5, 0.6) is 5.75 Å². The van der Waals surface area contributed by atoms with Crippen molar-refractivity contribution in [2.45, 2.75) is 19.9 Å². The fraction of sp³-hybridized carbons (Fsp3) is 0.333. The van der Waals surface area contributed by atoms with Gasteiger partial charge in [0.15, 0.2) is 11.6 Å². The lowest BCUT2D eigenvalue weighted by molar-refractivity contribution is 0.420. The first kappa shape index (κ1) is 9.00. The minimum atomic E-state index is -0.579. The lowest BCUT2D eigenvalue weighted by Gasteiger charge is -2.09. The van der Waals surface area contributed by atoms with Crippen LogP contribution in [0, 0.1) is 12.7 Å². The number of hydrogen-bond acceptors (Lipinski definition) is 2. The Labute approximate surface area is 70.8 Å². The Kier molecular flexibility index (Phi) is 2.33. The molecule has 3 heteroatoms. The summed E-state index contributed by atoms with van der Waals surface area (Å²) in [7, 11) is 0. The smallest absolute Gasteiger partial charge is 0.168 e. The molecule has 0 fully saturated rings. The van der Waals surface area contributed by atoms with Crippen LogP contribution in [0.2, 0.25) is 0 Å². The fourth-order valence-electron chi connectivity index (χ4n) is 1.05. The average Bonchev–Trinajstić information content (AvgIpc) is 2.00. The third kappa shape index (κ3) is 1.41. The summed E-state index contributed by atoms with van der Waals surface area (Å²) in [6.07, 6.45) is 0. The van der Waals surface area contributed by atoms with Gasteiger partial charge in [-0.2, -0.15) is 0 Å². The summed E-state index contributed by atoms with van der Waals surface area (Å²) in [5.41, 5.74) is 6.38. The van der Waals surface area contributed by atoms with Crippen molar-refractivity contribution in [2.75, 3.05) is 0 Å². The zero-order valence-corrected chi connectivity index (χ0v) is 7.13. The third-order valence-corrected chi connectivity index (χ3v) is 1.83. The Morgan fingerprint density at radius 1 is 1.50 bits per heavy atom. The summed E-state index contributed by atoms with van der Waals surface area (Å²) in [5, 5.41) is 9.29. The zero-order valence-electron chi connectivity index (χ0n) is 7.13. The second-order valence-corrected chi connectivity index (χ2v) is 2.92. The molecular weight excluding hydrogens is 157 g/mol. The molecule has 0 aromatic heterocycles. The van der Waals surface area contributed by atoms with Gasteiger partial charge in [-0.3, -0.25) is 0 Å². The highest BCUT2D eigenvalue weighted by Crippen LogP contribution is 2.27. The molecule has 0 aliphatic rings. The molecule has 66 valence electrons. The highest BCUT2D eigenvalue weighted by molar-refractivity contribution is 5.39. The van der Waals surface area contributed by atoms with E-state index in [0.29, 0.717) is 11.1 Å². The SMILES string of the molecule is Cc1ccc(C(C)N)c(O)c1F. The van der Waals surface area contributed by atoms with Gasteiger partial charge in [-0.15, -0.1) is 0 Å². The van der Waals surface area contributed by atoms with Crippen LogP contribution < -0.4 is 5.73 Å². The Balaban J connectivity index is 3.27. The van der Waals surface area contributed by atoms with Gasteiger partial charge in [-0.25, -0.2) is 4.39 Å². The Morgan fingerprint density at radius 2 is 2.08 bits per heavy atom. The molecule has 0 heterocycles. The minimum Gasteiger partial charge on any atom is -0.505 e. The van der Waals surface area contributed by atoms with Gasteiger partial charge in [0, 0.05) is 11.6 Å². The topological polar surface area (TPSA) is 46.2 Å². The van der Waals surface area contributed by atoms with Crippen LogP contribution in [-0.2, 0) is 0 Å². The second kappa shape index (κ2) is 3.11. The van der Waals surface area contributed by atoms with E-state index in [1.165, 1.54) is 0 Å². The monoisotopic (exact) mass is 169 g/mol. The van der Waals surface area contributed by atoms with Crippen molar-refractivity contribution in [3.8, 4) is 5.75 Å². The first-order valence-electron chi connectivity index (χ1n) is 3.77. The zero-order chi connectivity index (χ0) is 9.30. The number of rotatable bonds is 1. The molecule has 0 aliphatic carbocycles. The second-order valence-electron chi connectivity index (χ2n) is 2.92. The van der Waals surface area contributed by atoms with Gasteiger partial charge in [-0.1, -0.05) is 12.1 Å². The van der Waals surface area contributed by atoms with Gasteiger partial charge in [0.1, 0.15) is 0 Å². The normalized spacial score (nSPS) is 13.0. The fourth-order valence-corrected chi connectivity index (χ4v) is 1.05. The van der Waals surface area contributed by atoms with Crippen molar-refractivity contribution in [1.29, 1.82) is 0 Å². The summed E-state index contributed by atoms with van der Waals surface area (Å²) in [6, 6.07) is 2.90. The maximum absolute atomic E-state index is 13.0. The summed E-state index contributed by atoms with van der Waals surface area (Å²) in [6.45, 7) is 3.30. The first-order valence-corrected chi connectivity index (χ1v) is 3.77. The largest absolute Gasteiger partial charge is 0.505 e. The quantitative estimate of drug-likeness (QED) is 0.674. The molecule has 0 bridgehead atoms. The maximum atomic E-state index is 13.0. The molecule has 1 aromatic rings. The number of nitrogens with two attached hydrogens (primary N) is 1. The molecule has 0 saturated carbocycles. The van der Waals surface area contributed by atoms with Crippen LogP contribution in [0.4, 0.5) is 4.39 Å². The van der Waals surface area contributed by atoms with E-state index in [9.17, 15) is 9.50 Å². The number of halogens is 1. The van der Waals surface area contributed by atoms with Crippen molar-refractivity contribution in [3.63, 3.8) is 0 Å². The summed E-state index contributed by atoms with van der Waals surface area (Å²) < 4.78 is 13.0. The number of hydrogen-bond donors (Lipinski definition) is 2. The number of aryl methyl sites for hydroxylation is 1. The van der Waals surface area contributed by atoms with E-state index in [0.717, 1.165) is 0 Å². The molecule has 0 spiro atoms. The Morgan fingerprint density at radius 3 is 2.58 bits per heavy atom. The highest BCUT2D eigenvalue weighted by atomic mass is 19.1. The predicted octanol–water partition coefficient (Wildman–Crippen LogP) is 1.86. The molecule has 3 N–H and O–H groups in total. The number of phenols is 1. The molecule has 12 heavy (non-hydrogen) atoms. The lowest BCUT2D eigenvalue weighted by atomic mass is 10.1. The molecular formula is C9H12FNO. The van der Waals surface area contributed by atoms with E-state index in [2.05, 4.69) is 0 Å². The average molecular weight is 169 g/mol. The van der Waals surface area contributed by atoms with Crippen LogP contribution in [0.25, 0.3) is 0 Å². The Hall–Kier alpha value is -1.09. The highest BCUT2D eigenvalue weighted by Gasteiger charge is 2.11. The lowest BCUT2D eigenvalue weighted by Crippen LogP contribution is -2.06.